The molecule has 22 nitrogen and oxygen atoms in total. The van der Waals surface area contributed by atoms with Gasteiger partial charge < -0.3 is 70.4 Å². The third kappa shape index (κ3) is 24.0. The Morgan fingerprint density at radius 1 is 0.658 bits per heavy atom. The summed E-state index contributed by atoms with van der Waals surface area (Å²) < 4.78 is 0. The zero-order valence-corrected chi connectivity index (χ0v) is 43.5. The molecule has 10 atom stereocenters. The smallest absolute Gasteiger partial charge is 0.245 e. The van der Waals surface area contributed by atoms with E-state index in [9.17, 15) is 53.4 Å². The van der Waals surface area contributed by atoms with Crippen LogP contribution in [0.1, 0.15) is 130 Å². The second-order valence-electron chi connectivity index (χ2n) is 19.6. The molecule has 1 saturated heterocycles. The molecule has 1 heterocycles. The summed E-state index contributed by atoms with van der Waals surface area (Å²) in [5.74, 6) is -9.06. The lowest BCUT2D eigenvalue weighted by Crippen LogP contribution is -2.60. The second kappa shape index (κ2) is 34.9. The van der Waals surface area contributed by atoms with Crippen molar-refractivity contribution < 1.29 is 53.4 Å². The highest BCUT2D eigenvalue weighted by molar-refractivity contribution is 5.98. The van der Waals surface area contributed by atoms with E-state index in [1.165, 1.54) is 6.92 Å². The van der Waals surface area contributed by atoms with Crippen molar-refractivity contribution >= 4 is 52.9 Å². The monoisotopic (exact) mass is 1030 g/mol. The molecule has 1 aromatic carbocycles. The van der Waals surface area contributed by atoms with Crippen LogP contribution < -0.4 is 60.2 Å². The Morgan fingerprint density at radius 3 is 1.79 bits per heavy atom. The fourth-order valence-corrected chi connectivity index (χ4v) is 8.60. The summed E-state index contributed by atoms with van der Waals surface area (Å²) in [5.41, 5.74) is 24.2. The minimum absolute atomic E-state index is 0.00927. The summed E-state index contributed by atoms with van der Waals surface area (Å²) >= 11 is 0. The molecule has 1 aliphatic heterocycles. The Kier molecular flexibility index (Phi) is 30.5. The number of hydrogen-bond donors (Lipinski definition) is 13. The number of carbonyl (C=O) groups is 9. The van der Waals surface area contributed by atoms with Crippen molar-refractivity contribution in [1.82, 2.24) is 37.2 Å². The number of nitrogens with two attached hydrogens (primary N) is 4. The third-order valence-electron chi connectivity index (χ3n) is 12.7. The first kappa shape index (κ1) is 63.7. The molecule has 0 radical (unpaired) electrons. The van der Waals surface area contributed by atoms with E-state index in [1.54, 1.807) is 30.3 Å². The molecule has 22 heteroatoms. The highest BCUT2D eigenvalue weighted by Gasteiger charge is 2.37. The number of carbonyl (C=O) groups excluding carboxylic acids is 9. The lowest BCUT2D eigenvalue weighted by molar-refractivity contribution is -0.137. The van der Waals surface area contributed by atoms with Crippen molar-refractivity contribution in [2.45, 2.75) is 179 Å². The maximum Gasteiger partial charge on any atom is 0.245 e. The van der Waals surface area contributed by atoms with Crippen LogP contribution in [0.2, 0.25) is 0 Å². The molecule has 7 amide bonds. The van der Waals surface area contributed by atoms with Gasteiger partial charge in [-0.3, -0.25) is 43.2 Å². The topological polar surface area (TPSA) is 382 Å². The van der Waals surface area contributed by atoms with Gasteiger partial charge in [-0.2, -0.15) is 0 Å². The van der Waals surface area contributed by atoms with E-state index < -0.39 is 126 Å². The molecule has 73 heavy (non-hydrogen) atoms. The van der Waals surface area contributed by atoms with Crippen molar-refractivity contribution in [1.29, 1.82) is 0 Å². The van der Waals surface area contributed by atoms with Crippen molar-refractivity contribution in [2.75, 3.05) is 32.7 Å². The van der Waals surface area contributed by atoms with Gasteiger partial charge in [-0.25, -0.2) is 0 Å². The number of Topliss-reactive ketones (excluding diaryl/α,β-unsaturated/α-hetero) is 2. The van der Waals surface area contributed by atoms with Crippen LogP contribution in [0.25, 0.3) is 0 Å². The summed E-state index contributed by atoms with van der Waals surface area (Å²) in [4.78, 5) is 126. The first-order chi connectivity index (χ1) is 34.8. The van der Waals surface area contributed by atoms with Crippen LogP contribution >= 0.6 is 0 Å². The first-order valence-corrected chi connectivity index (χ1v) is 26.1. The van der Waals surface area contributed by atoms with Gasteiger partial charge in [0.1, 0.15) is 24.2 Å². The summed E-state index contributed by atoms with van der Waals surface area (Å²) in [7, 11) is 0. The van der Waals surface area contributed by atoms with Gasteiger partial charge in [0, 0.05) is 31.2 Å². The van der Waals surface area contributed by atoms with Crippen LogP contribution in [0.3, 0.4) is 0 Å². The first-order valence-electron chi connectivity index (χ1n) is 26.1. The van der Waals surface area contributed by atoms with Gasteiger partial charge in [-0.1, -0.05) is 83.2 Å². The Bertz CT molecular complexity index is 1910. The molecule has 17 N–H and O–H groups in total. The molecule has 0 saturated carbocycles. The summed E-state index contributed by atoms with van der Waals surface area (Å²) in [6.45, 7) is 6.54. The summed E-state index contributed by atoms with van der Waals surface area (Å²) in [6, 6.07) is 0.838. The number of rotatable bonds is 25. The SMILES string of the molecule is CCCCCCC[C@@H](O)CC(=O)N[C@H](CCN)C(=O)C[C@H]1CCNC(=O)[C@H](CC(C)C)NC(=O)[C@H](CCN)NC(=O)[C@H](CCN)NC(=O)[C@H]([C@@H](C)O)NC(=O)[C@@H](Cc2ccccc2)CC(=O)[C@H](CCN)NC1=O. The van der Waals surface area contributed by atoms with E-state index >= 15 is 0 Å². The molecule has 0 aliphatic carbocycles. The summed E-state index contributed by atoms with van der Waals surface area (Å²) in [6.07, 6.45) is 1.23. The second-order valence-corrected chi connectivity index (χ2v) is 19.6. The average Bonchev–Trinajstić information content (AvgIpc) is 3.33. The standard InChI is InChI=1S/C51H87N11O11/c1-5-6-7-8-12-15-36(64)30-44(67)57-37(16-21-52)42(65)28-34-20-25-56-48(70)41(26-31(2)3)61-50(72)39(18-23-54)59-49(71)40(19-24-55)60-51(73)45(32(4)63)62-47(69)35(27-33-13-10-9-11-14-33)29-43(66)38(17-22-53)58-46(34)68/h9-11,13-14,31-32,34-41,45,63-64H,5-8,12,15-30,52-55H2,1-4H3,(H,56,70)(H,57,67)(H,58,68)(H,59,71)(H,60,73)(H,61,72)(H,62,69)/t32-,34-,35+,36-,37-,38+,39+,40+,41+,45+/m1/s1. The molecule has 1 aliphatic rings. The fourth-order valence-electron chi connectivity index (χ4n) is 8.60. The number of nitrogens with one attached hydrogen (secondary N) is 7. The van der Waals surface area contributed by atoms with Gasteiger partial charge in [-0.05, 0) is 96.0 Å². The van der Waals surface area contributed by atoms with E-state index in [2.05, 4.69) is 44.1 Å². The number of aliphatic hydroxyl groups is 2. The molecule has 0 bridgehead atoms. The Morgan fingerprint density at radius 2 is 1.22 bits per heavy atom. The van der Waals surface area contributed by atoms with Gasteiger partial charge in [-0.15, -0.1) is 0 Å². The number of hydrogen-bond acceptors (Lipinski definition) is 15. The molecule has 0 unspecified atom stereocenters. The predicted molar refractivity (Wildman–Crippen MR) is 275 cm³/mol. The fraction of sp³-hybridized carbons (Fsp3) is 0.706. The van der Waals surface area contributed by atoms with Crippen LogP contribution in [0.15, 0.2) is 30.3 Å². The number of benzene rings is 1. The summed E-state index contributed by atoms with van der Waals surface area (Å²) in [5, 5.41) is 39.9. The zero-order valence-electron chi connectivity index (χ0n) is 43.5. The quantitative estimate of drug-likeness (QED) is 0.0509. The van der Waals surface area contributed by atoms with E-state index in [0.29, 0.717) is 12.0 Å². The van der Waals surface area contributed by atoms with Crippen LogP contribution in [-0.2, 0) is 49.6 Å². The van der Waals surface area contributed by atoms with Gasteiger partial charge in [0.15, 0.2) is 11.6 Å². The normalized spacial score (nSPS) is 23.7. The maximum atomic E-state index is 14.4. The highest BCUT2D eigenvalue weighted by atomic mass is 16.3. The van der Waals surface area contributed by atoms with Crippen LogP contribution in [-0.4, -0.2) is 144 Å². The molecule has 0 aromatic heterocycles. The van der Waals surface area contributed by atoms with Crippen LogP contribution in [0, 0.1) is 17.8 Å². The lowest BCUT2D eigenvalue weighted by atomic mass is 9.89. The van der Waals surface area contributed by atoms with E-state index in [1.807, 2.05) is 13.8 Å². The van der Waals surface area contributed by atoms with E-state index in [-0.39, 0.29) is 90.0 Å². The number of ketones is 2. The molecule has 1 fully saturated rings. The maximum absolute atomic E-state index is 14.4. The highest BCUT2D eigenvalue weighted by Crippen LogP contribution is 2.19. The lowest BCUT2D eigenvalue weighted by Gasteiger charge is -2.28. The average molecular weight is 1030 g/mol. The van der Waals surface area contributed by atoms with Crippen molar-refractivity contribution in [3.05, 3.63) is 35.9 Å². The minimum atomic E-state index is -1.65. The van der Waals surface area contributed by atoms with Gasteiger partial charge >= 0.3 is 0 Å². The Hall–Kier alpha value is -5.39. The largest absolute Gasteiger partial charge is 0.393 e. The number of unbranched alkanes of at least 4 members (excludes halogenated alkanes) is 4. The minimum Gasteiger partial charge on any atom is -0.393 e. The van der Waals surface area contributed by atoms with E-state index in [0.717, 1.165) is 32.1 Å². The molecule has 1 aromatic rings. The van der Waals surface area contributed by atoms with Crippen LogP contribution in [0.5, 0.6) is 0 Å². The number of aliphatic hydroxyl groups excluding tert-OH is 2. The molecule has 412 valence electrons. The molecular formula is C51H87N11O11. The number of amides is 7. The Labute approximate surface area is 430 Å². The zero-order chi connectivity index (χ0) is 54.5. The van der Waals surface area contributed by atoms with Crippen LogP contribution in [0.4, 0.5) is 0 Å². The molecule has 0 spiro atoms. The Balaban J connectivity index is 2.66. The molecule has 2 rings (SSSR count). The van der Waals surface area contributed by atoms with Gasteiger partial charge in [0.25, 0.3) is 0 Å². The van der Waals surface area contributed by atoms with Crippen molar-refractivity contribution in [2.24, 2.45) is 40.7 Å². The van der Waals surface area contributed by atoms with Crippen molar-refractivity contribution in [3.63, 3.8) is 0 Å². The van der Waals surface area contributed by atoms with Crippen molar-refractivity contribution in [3.8, 4) is 0 Å². The predicted octanol–water partition coefficient (Wildman–Crippen LogP) is -1.26. The third-order valence-corrected chi connectivity index (χ3v) is 12.7. The van der Waals surface area contributed by atoms with Gasteiger partial charge in [0.05, 0.1) is 30.7 Å². The van der Waals surface area contributed by atoms with Gasteiger partial charge in [0.2, 0.25) is 41.4 Å². The van der Waals surface area contributed by atoms with E-state index in [4.69, 9.17) is 22.9 Å². The molecular weight excluding hydrogens is 943 g/mol.